The summed E-state index contributed by atoms with van der Waals surface area (Å²) in [6.07, 6.45) is 1.34. The maximum absolute atomic E-state index is 3.74. The molecule has 2 atom stereocenters. The molecule has 0 saturated carbocycles. The predicted molar refractivity (Wildman–Crippen MR) is 82.7 cm³/mol. The number of hydrogen-bond acceptors (Lipinski definition) is 2. The van der Waals surface area contributed by atoms with Gasteiger partial charge in [-0.15, -0.1) is 0 Å². The molecule has 106 valence electrons. The van der Waals surface area contributed by atoms with Crippen LogP contribution in [0.1, 0.15) is 41.6 Å². The van der Waals surface area contributed by atoms with Crippen molar-refractivity contribution in [2.45, 2.75) is 40.2 Å². The molecule has 2 heteroatoms. The summed E-state index contributed by atoms with van der Waals surface area (Å²) in [6, 6.07) is 5.04. The molecule has 2 unspecified atom stereocenters. The van der Waals surface area contributed by atoms with Crippen molar-refractivity contribution in [2.75, 3.05) is 26.7 Å². The summed E-state index contributed by atoms with van der Waals surface area (Å²) in [5.41, 5.74) is 5.68. The molecule has 0 aromatic heterocycles. The van der Waals surface area contributed by atoms with Crippen LogP contribution in [0.4, 0.5) is 0 Å². The molecule has 0 amide bonds. The smallest absolute Gasteiger partial charge is 0.0297 e. The zero-order valence-corrected chi connectivity index (χ0v) is 13.1. The number of hydrogen-bond donors (Lipinski definition) is 1. The van der Waals surface area contributed by atoms with Gasteiger partial charge in [0.1, 0.15) is 0 Å². The van der Waals surface area contributed by atoms with E-state index < -0.39 is 0 Å². The number of rotatable bonds is 4. The first-order valence-electron chi connectivity index (χ1n) is 7.47. The molecule has 0 spiro atoms. The van der Waals surface area contributed by atoms with Gasteiger partial charge < -0.3 is 10.2 Å². The first-order valence-corrected chi connectivity index (χ1v) is 7.47. The SMILES string of the molecule is Cc1cc(C)c(C(C)NCC2CCN(C)C2)c(C)c1. The van der Waals surface area contributed by atoms with E-state index in [1.807, 2.05) is 0 Å². The van der Waals surface area contributed by atoms with E-state index in [4.69, 9.17) is 0 Å². The van der Waals surface area contributed by atoms with Gasteiger partial charge in [0.15, 0.2) is 0 Å². The standard InChI is InChI=1S/C17H28N2/c1-12-8-13(2)17(14(3)9-12)15(4)18-10-16-6-7-19(5)11-16/h8-9,15-16,18H,6-7,10-11H2,1-5H3. The molecule has 19 heavy (non-hydrogen) atoms. The molecule has 1 aromatic rings. The topological polar surface area (TPSA) is 15.3 Å². The van der Waals surface area contributed by atoms with Crippen molar-refractivity contribution in [1.82, 2.24) is 10.2 Å². The number of benzene rings is 1. The largest absolute Gasteiger partial charge is 0.310 e. The van der Waals surface area contributed by atoms with Gasteiger partial charge in [-0.05, 0) is 76.9 Å². The second-order valence-corrected chi connectivity index (χ2v) is 6.36. The van der Waals surface area contributed by atoms with E-state index >= 15 is 0 Å². The Hall–Kier alpha value is -0.860. The quantitative estimate of drug-likeness (QED) is 0.894. The predicted octanol–water partition coefficient (Wildman–Crippen LogP) is 3.21. The van der Waals surface area contributed by atoms with Crippen LogP contribution in [0.15, 0.2) is 12.1 Å². The summed E-state index contributed by atoms with van der Waals surface area (Å²) in [5.74, 6) is 0.818. The lowest BCUT2D eigenvalue weighted by Crippen LogP contribution is -2.28. The Morgan fingerprint density at radius 3 is 2.42 bits per heavy atom. The Bertz CT molecular complexity index is 416. The van der Waals surface area contributed by atoms with Crippen LogP contribution >= 0.6 is 0 Å². The van der Waals surface area contributed by atoms with Crippen LogP contribution in [-0.2, 0) is 0 Å². The van der Waals surface area contributed by atoms with Crippen LogP contribution in [0.5, 0.6) is 0 Å². The second-order valence-electron chi connectivity index (χ2n) is 6.36. The summed E-state index contributed by atoms with van der Waals surface area (Å²) in [7, 11) is 2.22. The highest BCUT2D eigenvalue weighted by molar-refractivity contribution is 5.39. The van der Waals surface area contributed by atoms with E-state index in [9.17, 15) is 0 Å². The van der Waals surface area contributed by atoms with Crippen LogP contribution in [0.25, 0.3) is 0 Å². The minimum absolute atomic E-state index is 0.450. The van der Waals surface area contributed by atoms with E-state index in [2.05, 4.69) is 57.1 Å². The van der Waals surface area contributed by atoms with E-state index in [0.717, 1.165) is 12.5 Å². The molecule has 2 nitrogen and oxygen atoms in total. The fraction of sp³-hybridized carbons (Fsp3) is 0.647. The first-order chi connectivity index (χ1) is 8.97. The van der Waals surface area contributed by atoms with Gasteiger partial charge in [0.2, 0.25) is 0 Å². The van der Waals surface area contributed by atoms with Gasteiger partial charge in [-0.25, -0.2) is 0 Å². The average Bonchev–Trinajstić information content (AvgIpc) is 2.71. The Balaban J connectivity index is 1.98. The second kappa shape index (κ2) is 6.06. The average molecular weight is 260 g/mol. The number of aryl methyl sites for hydroxylation is 3. The van der Waals surface area contributed by atoms with E-state index in [-0.39, 0.29) is 0 Å². The number of likely N-dealkylation sites (tertiary alicyclic amines) is 1. The van der Waals surface area contributed by atoms with E-state index in [1.165, 1.54) is 41.8 Å². The third-order valence-electron chi connectivity index (χ3n) is 4.37. The van der Waals surface area contributed by atoms with Crippen LogP contribution < -0.4 is 5.32 Å². The minimum Gasteiger partial charge on any atom is -0.310 e. The summed E-state index contributed by atoms with van der Waals surface area (Å²) >= 11 is 0. The van der Waals surface area contributed by atoms with Gasteiger partial charge in [0.05, 0.1) is 0 Å². The molecular weight excluding hydrogens is 232 g/mol. The molecule has 1 aliphatic rings. The van der Waals surface area contributed by atoms with Crippen molar-refractivity contribution in [2.24, 2.45) is 5.92 Å². The fourth-order valence-electron chi connectivity index (χ4n) is 3.51. The highest BCUT2D eigenvalue weighted by Crippen LogP contribution is 2.24. The van der Waals surface area contributed by atoms with Gasteiger partial charge in [-0.2, -0.15) is 0 Å². The Morgan fingerprint density at radius 2 is 1.89 bits per heavy atom. The molecule has 1 heterocycles. The Kier molecular flexibility index (Phi) is 4.64. The highest BCUT2D eigenvalue weighted by atomic mass is 15.1. The maximum Gasteiger partial charge on any atom is 0.0297 e. The van der Waals surface area contributed by atoms with Crippen molar-refractivity contribution < 1.29 is 0 Å². The maximum atomic E-state index is 3.74. The van der Waals surface area contributed by atoms with Crippen molar-refractivity contribution >= 4 is 0 Å². The molecule has 1 aliphatic heterocycles. The van der Waals surface area contributed by atoms with Crippen LogP contribution in [0, 0.1) is 26.7 Å². The first kappa shape index (κ1) is 14.5. The molecule has 0 bridgehead atoms. The van der Waals surface area contributed by atoms with Crippen molar-refractivity contribution in [3.8, 4) is 0 Å². The summed E-state index contributed by atoms with van der Waals surface area (Å²) in [6.45, 7) is 12.6. The summed E-state index contributed by atoms with van der Waals surface area (Å²) in [5, 5.41) is 3.74. The normalized spacial score (nSPS) is 21.8. The van der Waals surface area contributed by atoms with Gasteiger partial charge in [0.25, 0.3) is 0 Å². The molecule has 2 rings (SSSR count). The lowest BCUT2D eigenvalue weighted by Gasteiger charge is -2.21. The zero-order valence-electron chi connectivity index (χ0n) is 13.1. The lowest BCUT2D eigenvalue weighted by atomic mass is 9.94. The monoisotopic (exact) mass is 260 g/mol. The Labute approximate surface area is 118 Å². The molecule has 1 aromatic carbocycles. The fourth-order valence-corrected chi connectivity index (χ4v) is 3.51. The van der Waals surface area contributed by atoms with Crippen LogP contribution in [0.2, 0.25) is 0 Å². The van der Waals surface area contributed by atoms with Gasteiger partial charge in [-0.1, -0.05) is 17.7 Å². The molecule has 0 aliphatic carbocycles. The molecular formula is C17H28N2. The number of nitrogens with one attached hydrogen (secondary N) is 1. The number of nitrogens with zero attached hydrogens (tertiary/aromatic N) is 1. The molecule has 1 N–H and O–H groups in total. The third kappa shape index (κ3) is 3.58. The van der Waals surface area contributed by atoms with Crippen LogP contribution in [-0.4, -0.2) is 31.6 Å². The molecule has 1 fully saturated rings. The van der Waals surface area contributed by atoms with Crippen molar-refractivity contribution in [1.29, 1.82) is 0 Å². The molecule has 1 saturated heterocycles. The van der Waals surface area contributed by atoms with Crippen LogP contribution in [0.3, 0.4) is 0 Å². The minimum atomic E-state index is 0.450. The Morgan fingerprint density at radius 1 is 1.26 bits per heavy atom. The van der Waals surface area contributed by atoms with Crippen molar-refractivity contribution in [3.63, 3.8) is 0 Å². The lowest BCUT2D eigenvalue weighted by molar-refractivity contribution is 0.381. The summed E-state index contributed by atoms with van der Waals surface area (Å²) in [4.78, 5) is 2.43. The van der Waals surface area contributed by atoms with E-state index in [0.29, 0.717) is 6.04 Å². The van der Waals surface area contributed by atoms with Gasteiger partial charge >= 0.3 is 0 Å². The molecule has 0 radical (unpaired) electrons. The summed E-state index contributed by atoms with van der Waals surface area (Å²) < 4.78 is 0. The van der Waals surface area contributed by atoms with Gasteiger partial charge in [0, 0.05) is 12.6 Å². The third-order valence-corrected chi connectivity index (χ3v) is 4.37. The van der Waals surface area contributed by atoms with Crippen molar-refractivity contribution in [3.05, 3.63) is 34.4 Å². The van der Waals surface area contributed by atoms with E-state index in [1.54, 1.807) is 0 Å². The zero-order chi connectivity index (χ0) is 14.0. The highest BCUT2D eigenvalue weighted by Gasteiger charge is 2.20. The van der Waals surface area contributed by atoms with Gasteiger partial charge in [-0.3, -0.25) is 0 Å².